The third-order valence-electron chi connectivity index (χ3n) is 4.09. The summed E-state index contributed by atoms with van der Waals surface area (Å²) in [7, 11) is 0. The molecule has 2 fully saturated rings. The standard InChI is InChI=1S/C15H20FNO3/c16-12-3-1-2-4-14(12)20-15-6-8-17(7-5-13(15)18)11-9-19-10-11/h1-4,11,13,15,18H,5-10H2/t13-,15-/m0/s1. The van der Waals surface area contributed by atoms with Gasteiger partial charge in [-0.25, -0.2) is 4.39 Å². The van der Waals surface area contributed by atoms with Gasteiger partial charge in [0.25, 0.3) is 0 Å². The number of hydrogen-bond donors (Lipinski definition) is 1. The molecule has 1 aromatic carbocycles. The van der Waals surface area contributed by atoms with Crippen LogP contribution in [0.3, 0.4) is 0 Å². The van der Waals surface area contributed by atoms with Gasteiger partial charge < -0.3 is 14.6 Å². The van der Waals surface area contributed by atoms with Gasteiger partial charge in [-0.1, -0.05) is 12.1 Å². The van der Waals surface area contributed by atoms with Crippen molar-refractivity contribution < 1.29 is 19.0 Å². The van der Waals surface area contributed by atoms with Crippen LogP contribution in [0.4, 0.5) is 4.39 Å². The molecule has 110 valence electrons. The first-order valence-corrected chi connectivity index (χ1v) is 7.15. The Morgan fingerprint density at radius 2 is 1.95 bits per heavy atom. The van der Waals surface area contributed by atoms with E-state index >= 15 is 0 Å². The Bertz CT molecular complexity index is 452. The monoisotopic (exact) mass is 281 g/mol. The lowest BCUT2D eigenvalue weighted by atomic mass is 10.1. The molecule has 2 atom stereocenters. The SMILES string of the molecule is O[C@H]1CCN(C2COC2)CC[C@@H]1Oc1ccccc1F. The van der Waals surface area contributed by atoms with Crippen molar-refractivity contribution in [2.24, 2.45) is 0 Å². The highest BCUT2D eigenvalue weighted by Crippen LogP contribution is 2.24. The van der Waals surface area contributed by atoms with Crippen molar-refractivity contribution in [3.05, 3.63) is 30.1 Å². The summed E-state index contributed by atoms with van der Waals surface area (Å²) in [4.78, 5) is 2.33. The van der Waals surface area contributed by atoms with Crippen molar-refractivity contribution in [1.29, 1.82) is 0 Å². The van der Waals surface area contributed by atoms with Gasteiger partial charge in [0.2, 0.25) is 0 Å². The van der Waals surface area contributed by atoms with Gasteiger partial charge in [0, 0.05) is 13.1 Å². The summed E-state index contributed by atoms with van der Waals surface area (Å²) in [6.07, 6.45) is 0.445. The maximum atomic E-state index is 13.6. The topological polar surface area (TPSA) is 41.9 Å². The van der Waals surface area contributed by atoms with Crippen LogP contribution >= 0.6 is 0 Å². The number of aliphatic hydroxyl groups excluding tert-OH is 1. The zero-order valence-corrected chi connectivity index (χ0v) is 11.4. The third kappa shape index (κ3) is 2.95. The number of rotatable bonds is 3. The van der Waals surface area contributed by atoms with Gasteiger partial charge in [-0.2, -0.15) is 0 Å². The first-order valence-electron chi connectivity index (χ1n) is 7.15. The van der Waals surface area contributed by atoms with E-state index in [9.17, 15) is 9.50 Å². The molecule has 20 heavy (non-hydrogen) atoms. The molecule has 2 aliphatic rings. The lowest BCUT2D eigenvalue weighted by Crippen LogP contribution is -2.49. The predicted molar refractivity (Wildman–Crippen MR) is 72.2 cm³/mol. The molecule has 0 saturated carbocycles. The maximum Gasteiger partial charge on any atom is 0.165 e. The van der Waals surface area contributed by atoms with Gasteiger partial charge in [0.15, 0.2) is 11.6 Å². The highest BCUT2D eigenvalue weighted by Gasteiger charge is 2.32. The molecule has 0 spiro atoms. The van der Waals surface area contributed by atoms with Crippen molar-refractivity contribution in [2.45, 2.75) is 31.1 Å². The minimum absolute atomic E-state index is 0.219. The second-order valence-electron chi connectivity index (χ2n) is 5.46. The largest absolute Gasteiger partial charge is 0.485 e. The number of aliphatic hydroxyl groups is 1. The summed E-state index contributed by atoms with van der Waals surface area (Å²) in [6.45, 7) is 3.24. The minimum atomic E-state index is -0.555. The Morgan fingerprint density at radius 1 is 1.20 bits per heavy atom. The first kappa shape index (κ1) is 13.8. The van der Waals surface area contributed by atoms with E-state index in [4.69, 9.17) is 9.47 Å². The summed E-state index contributed by atoms with van der Waals surface area (Å²) in [5, 5.41) is 10.2. The molecule has 0 aliphatic carbocycles. The lowest BCUT2D eigenvalue weighted by Gasteiger charge is -2.36. The highest BCUT2D eigenvalue weighted by atomic mass is 19.1. The fourth-order valence-electron chi connectivity index (χ4n) is 2.72. The van der Waals surface area contributed by atoms with E-state index in [-0.39, 0.29) is 17.7 Å². The molecule has 4 nitrogen and oxygen atoms in total. The van der Waals surface area contributed by atoms with Crippen molar-refractivity contribution in [3.8, 4) is 5.75 Å². The van der Waals surface area contributed by atoms with Crippen LogP contribution in [0.25, 0.3) is 0 Å². The normalized spacial score (nSPS) is 28.7. The lowest BCUT2D eigenvalue weighted by molar-refractivity contribution is -0.0645. The molecule has 0 radical (unpaired) electrons. The molecule has 2 heterocycles. The maximum absolute atomic E-state index is 13.6. The number of nitrogens with zero attached hydrogens (tertiary/aromatic N) is 1. The fourth-order valence-corrected chi connectivity index (χ4v) is 2.72. The molecule has 1 aromatic rings. The van der Waals surface area contributed by atoms with E-state index in [0.29, 0.717) is 18.9 Å². The van der Waals surface area contributed by atoms with Crippen molar-refractivity contribution >= 4 is 0 Å². The van der Waals surface area contributed by atoms with Crippen molar-refractivity contribution in [2.75, 3.05) is 26.3 Å². The Morgan fingerprint density at radius 3 is 2.65 bits per heavy atom. The van der Waals surface area contributed by atoms with E-state index in [0.717, 1.165) is 26.3 Å². The van der Waals surface area contributed by atoms with Crippen LogP contribution < -0.4 is 4.74 Å². The minimum Gasteiger partial charge on any atom is -0.485 e. The fraction of sp³-hybridized carbons (Fsp3) is 0.600. The molecular weight excluding hydrogens is 261 g/mol. The van der Waals surface area contributed by atoms with E-state index in [2.05, 4.69) is 4.90 Å². The molecule has 1 N–H and O–H groups in total. The molecule has 3 rings (SSSR count). The summed E-state index contributed by atoms with van der Waals surface area (Å²) in [5.41, 5.74) is 0. The molecule has 0 bridgehead atoms. The van der Waals surface area contributed by atoms with Crippen LogP contribution in [-0.4, -0.2) is 54.6 Å². The smallest absolute Gasteiger partial charge is 0.165 e. The average Bonchev–Trinajstić information content (AvgIpc) is 2.55. The molecule has 2 saturated heterocycles. The van der Waals surface area contributed by atoms with E-state index in [1.165, 1.54) is 6.07 Å². The van der Waals surface area contributed by atoms with Gasteiger partial charge in [-0.15, -0.1) is 0 Å². The zero-order valence-electron chi connectivity index (χ0n) is 11.4. The van der Waals surface area contributed by atoms with Gasteiger partial charge in [-0.05, 0) is 25.0 Å². The molecule has 2 aliphatic heterocycles. The average molecular weight is 281 g/mol. The number of ether oxygens (including phenoxy) is 2. The van der Waals surface area contributed by atoms with E-state index in [1.807, 2.05) is 0 Å². The second-order valence-corrected chi connectivity index (χ2v) is 5.46. The highest BCUT2D eigenvalue weighted by molar-refractivity contribution is 5.24. The van der Waals surface area contributed by atoms with Crippen LogP contribution in [0, 0.1) is 5.82 Å². The number of likely N-dealkylation sites (tertiary alicyclic amines) is 1. The Hall–Kier alpha value is -1.17. The first-order chi connectivity index (χ1) is 9.74. The van der Waals surface area contributed by atoms with Gasteiger partial charge >= 0.3 is 0 Å². The number of benzene rings is 1. The van der Waals surface area contributed by atoms with Gasteiger partial charge in [-0.3, -0.25) is 4.90 Å². The van der Waals surface area contributed by atoms with Crippen LogP contribution in [0.1, 0.15) is 12.8 Å². The number of para-hydroxylation sites is 1. The summed E-state index contributed by atoms with van der Waals surface area (Å²) in [5.74, 6) is -0.162. The Kier molecular flexibility index (Phi) is 4.19. The van der Waals surface area contributed by atoms with Crippen LogP contribution in [-0.2, 0) is 4.74 Å². The zero-order chi connectivity index (χ0) is 13.9. The molecule has 0 amide bonds. The van der Waals surface area contributed by atoms with E-state index in [1.54, 1.807) is 18.2 Å². The van der Waals surface area contributed by atoms with Crippen LogP contribution in [0.5, 0.6) is 5.75 Å². The summed E-state index contributed by atoms with van der Waals surface area (Å²) < 4.78 is 24.5. The molecular formula is C15H20FNO3. The van der Waals surface area contributed by atoms with Gasteiger partial charge in [0.1, 0.15) is 6.10 Å². The van der Waals surface area contributed by atoms with Crippen molar-refractivity contribution in [3.63, 3.8) is 0 Å². The van der Waals surface area contributed by atoms with Gasteiger partial charge in [0.05, 0.1) is 25.4 Å². The number of hydrogen-bond acceptors (Lipinski definition) is 4. The van der Waals surface area contributed by atoms with Crippen LogP contribution in [0.15, 0.2) is 24.3 Å². The molecule has 0 aromatic heterocycles. The molecule has 5 heteroatoms. The Labute approximate surface area is 118 Å². The quantitative estimate of drug-likeness (QED) is 0.910. The predicted octanol–water partition coefficient (Wildman–Crippen LogP) is 1.43. The number of halogens is 1. The summed E-state index contributed by atoms with van der Waals surface area (Å²) in [6, 6.07) is 6.80. The van der Waals surface area contributed by atoms with E-state index < -0.39 is 6.10 Å². The van der Waals surface area contributed by atoms with Crippen molar-refractivity contribution in [1.82, 2.24) is 4.90 Å². The molecule has 0 unspecified atom stereocenters. The van der Waals surface area contributed by atoms with Crippen LogP contribution in [0.2, 0.25) is 0 Å². The second kappa shape index (κ2) is 6.08. The Balaban J connectivity index is 1.62. The third-order valence-corrected chi connectivity index (χ3v) is 4.09. The summed E-state index contributed by atoms with van der Waals surface area (Å²) >= 11 is 0.